The Hall–Kier alpha value is -0.870. The first-order valence-corrected chi connectivity index (χ1v) is 8.70. The van der Waals surface area contributed by atoms with Gasteiger partial charge in [0.1, 0.15) is 17.0 Å². The topological polar surface area (TPSA) is 37.8 Å². The van der Waals surface area contributed by atoms with E-state index < -0.39 is 0 Å². The molecule has 1 fully saturated rings. The third kappa shape index (κ3) is 2.77. The maximum atomic E-state index is 6.05. The molecule has 1 aliphatic carbocycles. The quantitative estimate of drug-likeness (QED) is 0.836. The second-order valence-corrected chi connectivity index (χ2v) is 6.92. The summed E-state index contributed by atoms with van der Waals surface area (Å²) in [5.74, 6) is 3.10. The number of anilines is 1. The van der Waals surface area contributed by atoms with E-state index in [4.69, 9.17) is 11.6 Å². The lowest BCUT2D eigenvalue weighted by molar-refractivity contribution is 0.444. The number of halogens is 1. The predicted octanol–water partition coefficient (Wildman–Crippen LogP) is 4.32. The molecule has 0 amide bonds. The van der Waals surface area contributed by atoms with Crippen LogP contribution in [0.4, 0.5) is 5.82 Å². The van der Waals surface area contributed by atoms with E-state index in [1.165, 1.54) is 24.1 Å². The minimum atomic E-state index is 0.662. The monoisotopic (exact) mass is 309 g/mol. The summed E-state index contributed by atoms with van der Waals surface area (Å²) in [6, 6.07) is 2.22. The Labute approximate surface area is 128 Å². The number of hydrogen-bond acceptors (Lipinski definition) is 4. The fourth-order valence-corrected chi connectivity index (χ4v) is 4.37. The van der Waals surface area contributed by atoms with Crippen LogP contribution >= 0.6 is 22.9 Å². The maximum absolute atomic E-state index is 6.05. The smallest absolute Gasteiger partial charge is 0.138 e. The molecule has 2 atom stereocenters. The predicted molar refractivity (Wildman–Crippen MR) is 86.8 cm³/mol. The number of hydrogen-bond donors (Lipinski definition) is 1. The van der Waals surface area contributed by atoms with Crippen LogP contribution in [0.15, 0.2) is 12.4 Å². The fourth-order valence-electron chi connectivity index (χ4n) is 3.03. The molecule has 2 heterocycles. The minimum absolute atomic E-state index is 0.662. The van der Waals surface area contributed by atoms with Crippen LogP contribution < -0.4 is 5.32 Å². The Bertz CT molecular complexity index is 584. The van der Waals surface area contributed by atoms with E-state index >= 15 is 0 Å². The summed E-state index contributed by atoms with van der Waals surface area (Å²) >= 11 is 7.81. The van der Waals surface area contributed by atoms with Crippen LogP contribution in [0, 0.1) is 11.8 Å². The lowest BCUT2D eigenvalue weighted by Gasteiger charge is -2.18. The average molecular weight is 310 g/mol. The lowest BCUT2D eigenvalue weighted by Crippen LogP contribution is -2.19. The van der Waals surface area contributed by atoms with Crippen LogP contribution in [0.1, 0.15) is 31.1 Å². The number of rotatable bonds is 5. The van der Waals surface area contributed by atoms with Gasteiger partial charge in [0.2, 0.25) is 0 Å². The van der Waals surface area contributed by atoms with Gasteiger partial charge in [-0.3, -0.25) is 0 Å². The summed E-state index contributed by atoms with van der Waals surface area (Å²) < 4.78 is 0. The van der Waals surface area contributed by atoms with Gasteiger partial charge in [-0.25, -0.2) is 9.97 Å². The number of fused-ring (bicyclic) bond motifs is 1. The molecule has 0 saturated heterocycles. The number of aryl methyl sites for hydroxylation is 1. The maximum Gasteiger partial charge on any atom is 0.138 e. The lowest BCUT2D eigenvalue weighted by atomic mass is 9.98. The molecule has 5 heteroatoms. The number of nitrogens with one attached hydrogen (secondary N) is 1. The zero-order chi connectivity index (χ0) is 13.9. The molecule has 2 unspecified atom stereocenters. The van der Waals surface area contributed by atoms with Crippen molar-refractivity contribution < 1.29 is 0 Å². The highest BCUT2D eigenvalue weighted by Crippen LogP contribution is 2.33. The molecule has 1 aliphatic rings. The second kappa shape index (κ2) is 6.27. The average Bonchev–Trinajstić information content (AvgIpc) is 3.10. The van der Waals surface area contributed by atoms with Gasteiger partial charge in [0.05, 0.1) is 5.39 Å². The highest BCUT2D eigenvalue weighted by atomic mass is 35.5. The summed E-state index contributed by atoms with van der Waals surface area (Å²) in [6.07, 6.45) is 6.57. The normalized spacial score (nSPS) is 22.5. The Morgan fingerprint density at radius 3 is 3.00 bits per heavy atom. The van der Waals surface area contributed by atoms with Crippen molar-refractivity contribution in [1.29, 1.82) is 0 Å². The first-order chi connectivity index (χ1) is 9.81. The standard InChI is InChI=1S/C15H20ClN3S/c1-2-12-6-13-14(18-9-19-15(13)20-12)17-8-11-5-3-4-10(11)7-16/h6,9-11H,2-5,7-8H2,1H3,(H,17,18,19). The van der Waals surface area contributed by atoms with Gasteiger partial charge in [0.15, 0.2) is 0 Å². The van der Waals surface area contributed by atoms with Crippen molar-refractivity contribution in [1.82, 2.24) is 9.97 Å². The summed E-state index contributed by atoms with van der Waals surface area (Å²) in [7, 11) is 0. The summed E-state index contributed by atoms with van der Waals surface area (Å²) in [5, 5.41) is 4.69. The van der Waals surface area contributed by atoms with Crippen LogP contribution in [0.25, 0.3) is 10.2 Å². The summed E-state index contributed by atoms with van der Waals surface area (Å²) in [6.45, 7) is 3.15. The van der Waals surface area contributed by atoms with Crippen LogP contribution in [-0.2, 0) is 6.42 Å². The van der Waals surface area contributed by atoms with Gasteiger partial charge in [-0.05, 0) is 37.2 Å². The zero-order valence-corrected chi connectivity index (χ0v) is 13.3. The van der Waals surface area contributed by atoms with Crippen LogP contribution in [-0.4, -0.2) is 22.4 Å². The van der Waals surface area contributed by atoms with E-state index in [0.717, 1.165) is 34.9 Å². The van der Waals surface area contributed by atoms with Crippen molar-refractivity contribution in [3.05, 3.63) is 17.3 Å². The molecular formula is C15H20ClN3S. The van der Waals surface area contributed by atoms with Crippen molar-refractivity contribution in [2.45, 2.75) is 32.6 Å². The third-order valence-electron chi connectivity index (χ3n) is 4.28. The van der Waals surface area contributed by atoms with Gasteiger partial charge in [-0.1, -0.05) is 13.3 Å². The van der Waals surface area contributed by atoms with Crippen molar-refractivity contribution in [3.8, 4) is 0 Å². The molecule has 20 heavy (non-hydrogen) atoms. The molecule has 1 saturated carbocycles. The van der Waals surface area contributed by atoms with E-state index in [0.29, 0.717) is 11.8 Å². The van der Waals surface area contributed by atoms with E-state index in [9.17, 15) is 0 Å². The molecular weight excluding hydrogens is 290 g/mol. The molecule has 0 aromatic carbocycles. The van der Waals surface area contributed by atoms with Crippen molar-refractivity contribution in [2.24, 2.45) is 11.8 Å². The van der Waals surface area contributed by atoms with E-state index in [-0.39, 0.29) is 0 Å². The van der Waals surface area contributed by atoms with Crippen LogP contribution in [0.3, 0.4) is 0 Å². The van der Waals surface area contributed by atoms with E-state index in [2.05, 4.69) is 28.3 Å². The molecule has 2 aromatic rings. The molecule has 1 N–H and O–H groups in total. The first kappa shape index (κ1) is 14.1. The minimum Gasteiger partial charge on any atom is -0.369 e. The van der Waals surface area contributed by atoms with Crippen molar-refractivity contribution >= 4 is 39.0 Å². The molecule has 2 aromatic heterocycles. The summed E-state index contributed by atoms with van der Waals surface area (Å²) in [4.78, 5) is 11.2. The molecule has 108 valence electrons. The Morgan fingerprint density at radius 1 is 1.35 bits per heavy atom. The Kier molecular flexibility index (Phi) is 4.41. The number of thiophene rings is 1. The Morgan fingerprint density at radius 2 is 2.20 bits per heavy atom. The number of alkyl halides is 1. The van der Waals surface area contributed by atoms with Gasteiger partial charge in [-0.15, -0.1) is 22.9 Å². The molecule has 0 radical (unpaired) electrons. The van der Waals surface area contributed by atoms with Crippen LogP contribution in [0.5, 0.6) is 0 Å². The van der Waals surface area contributed by atoms with Crippen molar-refractivity contribution in [3.63, 3.8) is 0 Å². The molecule has 0 spiro atoms. The van der Waals surface area contributed by atoms with E-state index in [1.807, 2.05) is 0 Å². The first-order valence-electron chi connectivity index (χ1n) is 7.35. The van der Waals surface area contributed by atoms with Crippen molar-refractivity contribution in [2.75, 3.05) is 17.7 Å². The molecule has 3 rings (SSSR count). The molecule has 3 nitrogen and oxygen atoms in total. The van der Waals surface area contributed by atoms with Gasteiger partial charge >= 0.3 is 0 Å². The van der Waals surface area contributed by atoms with Gasteiger partial charge in [0, 0.05) is 17.3 Å². The highest BCUT2D eigenvalue weighted by molar-refractivity contribution is 7.18. The zero-order valence-electron chi connectivity index (χ0n) is 11.7. The number of aromatic nitrogens is 2. The number of nitrogens with zero attached hydrogens (tertiary/aromatic N) is 2. The SMILES string of the molecule is CCc1cc2c(NCC3CCCC3CCl)ncnc2s1. The van der Waals surface area contributed by atoms with Gasteiger partial charge in [-0.2, -0.15) is 0 Å². The fraction of sp³-hybridized carbons (Fsp3) is 0.600. The van der Waals surface area contributed by atoms with Crippen LogP contribution in [0.2, 0.25) is 0 Å². The Balaban J connectivity index is 1.75. The van der Waals surface area contributed by atoms with Gasteiger partial charge < -0.3 is 5.32 Å². The summed E-state index contributed by atoms with van der Waals surface area (Å²) in [5.41, 5.74) is 0. The highest BCUT2D eigenvalue weighted by Gasteiger charge is 2.26. The second-order valence-electron chi connectivity index (χ2n) is 5.49. The molecule has 0 bridgehead atoms. The van der Waals surface area contributed by atoms with Gasteiger partial charge in [0.25, 0.3) is 0 Å². The largest absolute Gasteiger partial charge is 0.369 e. The molecule has 0 aliphatic heterocycles. The third-order valence-corrected chi connectivity index (χ3v) is 5.86. The van der Waals surface area contributed by atoms with E-state index in [1.54, 1.807) is 17.7 Å².